The van der Waals surface area contributed by atoms with Crippen LogP contribution in [0, 0.1) is 5.92 Å². The van der Waals surface area contributed by atoms with E-state index in [-0.39, 0.29) is 0 Å². The fourth-order valence-corrected chi connectivity index (χ4v) is 3.60. The second-order valence-electron chi connectivity index (χ2n) is 6.82. The van der Waals surface area contributed by atoms with Gasteiger partial charge in [-0.3, -0.25) is 9.88 Å². The van der Waals surface area contributed by atoms with E-state index in [2.05, 4.69) is 26.6 Å². The standard InChI is InChI=1S/C18H24N4O/c1-23-12-15-9-21(10-16-4-2-3-7-19-16)11-17-18(15)22(13-20-17)8-14-5-6-14/h2-4,7,13-15H,5-6,8-12H2,1H3/t15-/m0/s1. The summed E-state index contributed by atoms with van der Waals surface area (Å²) >= 11 is 0. The summed E-state index contributed by atoms with van der Waals surface area (Å²) in [6.45, 7) is 4.67. The van der Waals surface area contributed by atoms with Gasteiger partial charge in [0.25, 0.3) is 0 Å². The number of aromatic nitrogens is 3. The predicted octanol–water partition coefficient (Wildman–Crippen LogP) is 2.43. The Kier molecular flexibility index (Phi) is 4.14. The van der Waals surface area contributed by atoms with Crippen LogP contribution in [0.1, 0.15) is 35.8 Å². The number of ether oxygens (including phenoxy) is 1. The molecule has 0 N–H and O–H groups in total. The molecule has 0 amide bonds. The number of hydrogen-bond donors (Lipinski definition) is 0. The minimum atomic E-state index is 0.397. The quantitative estimate of drug-likeness (QED) is 0.822. The van der Waals surface area contributed by atoms with E-state index >= 15 is 0 Å². The largest absolute Gasteiger partial charge is 0.384 e. The van der Waals surface area contributed by atoms with Gasteiger partial charge < -0.3 is 9.30 Å². The first-order chi connectivity index (χ1) is 11.3. The van der Waals surface area contributed by atoms with Crippen LogP contribution in [-0.4, -0.2) is 39.7 Å². The number of fused-ring (bicyclic) bond motifs is 1. The van der Waals surface area contributed by atoms with Gasteiger partial charge in [0.2, 0.25) is 0 Å². The van der Waals surface area contributed by atoms with E-state index in [1.807, 2.05) is 18.6 Å². The van der Waals surface area contributed by atoms with Gasteiger partial charge in [0.15, 0.2) is 0 Å². The average molecular weight is 312 g/mol. The van der Waals surface area contributed by atoms with Gasteiger partial charge >= 0.3 is 0 Å². The van der Waals surface area contributed by atoms with E-state index < -0.39 is 0 Å². The summed E-state index contributed by atoms with van der Waals surface area (Å²) in [5, 5.41) is 0. The normalized spacial score (nSPS) is 21.3. The maximum absolute atomic E-state index is 5.50. The summed E-state index contributed by atoms with van der Waals surface area (Å²) in [6, 6.07) is 6.10. The lowest BCUT2D eigenvalue weighted by molar-refractivity contribution is 0.131. The van der Waals surface area contributed by atoms with E-state index in [9.17, 15) is 0 Å². The first kappa shape index (κ1) is 14.8. The van der Waals surface area contributed by atoms with Crippen LogP contribution < -0.4 is 0 Å². The lowest BCUT2D eigenvalue weighted by Crippen LogP contribution is -2.36. The lowest BCUT2D eigenvalue weighted by atomic mass is 9.98. The maximum Gasteiger partial charge on any atom is 0.0952 e. The molecule has 0 unspecified atom stereocenters. The molecule has 3 heterocycles. The molecule has 2 aromatic rings. The van der Waals surface area contributed by atoms with Crippen molar-refractivity contribution in [2.45, 2.75) is 38.4 Å². The third-order valence-electron chi connectivity index (χ3n) is 4.83. The highest BCUT2D eigenvalue weighted by molar-refractivity contribution is 5.23. The summed E-state index contributed by atoms with van der Waals surface area (Å²) in [4.78, 5) is 11.6. The molecule has 1 aliphatic carbocycles. The molecular formula is C18H24N4O. The van der Waals surface area contributed by atoms with Gasteiger partial charge in [-0.05, 0) is 30.9 Å². The van der Waals surface area contributed by atoms with E-state index in [0.29, 0.717) is 5.92 Å². The van der Waals surface area contributed by atoms with Crippen molar-refractivity contribution in [2.75, 3.05) is 20.3 Å². The summed E-state index contributed by atoms with van der Waals surface area (Å²) in [5.41, 5.74) is 3.73. The van der Waals surface area contributed by atoms with Gasteiger partial charge in [-0.15, -0.1) is 0 Å². The van der Waals surface area contributed by atoms with Gasteiger partial charge in [0.1, 0.15) is 0 Å². The Bertz CT molecular complexity index is 650. The van der Waals surface area contributed by atoms with E-state index in [4.69, 9.17) is 9.72 Å². The summed E-state index contributed by atoms with van der Waals surface area (Å²) in [5.74, 6) is 1.26. The molecule has 1 aliphatic heterocycles. The van der Waals surface area contributed by atoms with Crippen LogP contribution in [0.4, 0.5) is 0 Å². The monoisotopic (exact) mass is 312 g/mol. The Labute approximate surface area is 137 Å². The molecule has 2 aromatic heterocycles. The smallest absolute Gasteiger partial charge is 0.0952 e. The predicted molar refractivity (Wildman–Crippen MR) is 87.9 cm³/mol. The number of nitrogens with zero attached hydrogens (tertiary/aromatic N) is 4. The molecule has 1 atom stereocenters. The molecule has 2 aliphatic rings. The number of rotatable bonds is 6. The Hall–Kier alpha value is -1.72. The van der Waals surface area contributed by atoms with Crippen LogP contribution in [0.2, 0.25) is 0 Å². The van der Waals surface area contributed by atoms with Crippen LogP contribution in [-0.2, 0) is 24.4 Å². The molecule has 4 rings (SSSR count). The molecule has 5 heteroatoms. The molecule has 122 valence electrons. The van der Waals surface area contributed by atoms with Crippen LogP contribution in [0.15, 0.2) is 30.7 Å². The molecule has 0 bridgehead atoms. The van der Waals surface area contributed by atoms with Gasteiger partial charge in [0, 0.05) is 51.1 Å². The summed E-state index contributed by atoms with van der Waals surface area (Å²) in [7, 11) is 1.79. The summed E-state index contributed by atoms with van der Waals surface area (Å²) in [6.07, 6.45) is 6.64. The van der Waals surface area contributed by atoms with Gasteiger partial charge in [-0.25, -0.2) is 4.98 Å². The minimum Gasteiger partial charge on any atom is -0.384 e. The topological polar surface area (TPSA) is 43.2 Å². The Balaban J connectivity index is 1.54. The SMILES string of the molecule is COC[C@@H]1CN(Cc2ccccn2)Cc2ncn(CC3CC3)c21. The number of imidazole rings is 1. The third kappa shape index (κ3) is 3.31. The zero-order valence-corrected chi connectivity index (χ0v) is 13.7. The molecule has 23 heavy (non-hydrogen) atoms. The van der Waals surface area contributed by atoms with Crippen LogP contribution in [0.5, 0.6) is 0 Å². The molecular weight excluding hydrogens is 288 g/mol. The highest BCUT2D eigenvalue weighted by atomic mass is 16.5. The first-order valence-electron chi connectivity index (χ1n) is 8.48. The zero-order valence-electron chi connectivity index (χ0n) is 13.7. The van der Waals surface area contributed by atoms with Gasteiger partial charge in [-0.2, -0.15) is 0 Å². The molecule has 0 aromatic carbocycles. The third-order valence-corrected chi connectivity index (χ3v) is 4.83. The van der Waals surface area contributed by atoms with Crippen molar-refractivity contribution < 1.29 is 4.74 Å². The molecule has 1 saturated carbocycles. The fourth-order valence-electron chi connectivity index (χ4n) is 3.60. The van der Waals surface area contributed by atoms with Crippen molar-refractivity contribution >= 4 is 0 Å². The highest BCUT2D eigenvalue weighted by Crippen LogP contribution is 2.34. The summed E-state index contributed by atoms with van der Waals surface area (Å²) < 4.78 is 7.88. The Morgan fingerprint density at radius 3 is 2.91 bits per heavy atom. The molecule has 0 saturated heterocycles. The van der Waals surface area contributed by atoms with Crippen LogP contribution >= 0.6 is 0 Å². The Morgan fingerprint density at radius 2 is 2.17 bits per heavy atom. The fraction of sp³-hybridized carbons (Fsp3) is 0.556. The lowest BCUT2D eigenvalue weighted by Gasteiger charge is -2.32. The molecule has 0 spiro atoms. The average Bonchev–Trinajstić information content (AvgIpc) is 3.28. The number of methoxy groups -OCH3 is 1. The first-order valence-corrected chi connectivity index (χ1v) is 8.48. The molecule has 0 radical (unpaired) electrons. The van der Waals surface area contributed by atoms with Crippen LogP contribution in [0.3, 0.4) is 0 Å². The van der Waals surface area contributed by atoms with Crippen molar-refractivity contribution in [3.05, 3.63) is 47.8 Å². The van der Waals surface area contributed by atoms with Crippen molar-refractivity contribution in [2.24, 2.45) is 5.92 Å². The van der Waals surface area contributed by atoms with E-state index in [1.54, 1.807) is 7.11 Å². The second-order valence-corrected chi connectivity index (χ2v) is 6.82. The Morgan fingerprint density at radius 1 is 1.26 bits per heavy atom. The highest BCUT2D eigenvalue weighted by Gasteiger charge is 2.31. The van der Waals surface area contributed by atoms with Crippen molar-refractivity contribution in [3.8, 4) is 0 Å². The number of pyridine rings is 1. The maximum atomic E-state index is 5.50. The molecule has 1 fully saturated rings. The zero-order chi connectivity index (χ0) is 15.6. The van der Waals surface area contributed by atoms with Crippen molar-refractivity contribution in [3.63, 3.8) is 0 Å². The van der Waals surface area contributed by atoms with Crippen molar-refractivity contribution in [1.82, 2.24) is 19.4 Å². The van der Waals surface area contributed by atoms with E-state index in [1.165, 1.54) is 24.2 Å². The van der Waals surface area contributed by atoms with Gasteiger partial charge in [0.05, 0.1) is 24.3 Å². The van der Waals surface area contributed by atoms with Crippen LogP contribution in [0.25, 0.3) is 0 Å². The molecule has 5 nitrogen and oxygen atoms in total. The minimum absolute atomic E-state index is 0.397. The van der Waals surface area contributed by atoms with E-state index in [0.717, 1.165) is 44.4 Å². The second kappa shape index (κ2) is 6.42. The van der Waals surface area contributed by atoms with Crippen molar-refractivity contribution in [1.29, 1.82) is 0 Å². The van der Waals surface area contributed by atoms with Gasteiger partial charge in [-0.1, -0.05) is 6.07 Å². The number of hydrogen-bond acceptors (Lipinski definition) is 4.